The zero-order chi connectivity index (χ0) is 12.3. The molecule has 1 aromatic carbocycles. The van der Waals surface area contributed by atoms with Crippen LogP contribution >= 0.6 is 11.6 Å². The topological polar surface area (TPSA) is 70.7 Å². The molecule has 6 heteroatoms. The lowest BCUT2D eigenvalue weighted by Gasteiger charge is -2.11. The lowest BCUT2D eigenvalue weighted by molar-refractivity contribution is 0.102. The number of carbonyl (C=O) groups excluding carboxylic acids is 1. The molecule has 1 heterocycles. The average molecular weight is 251 g/mol. The van der Waals surface area contributed by atoms with Gasteiger partial charge in [-0.05, 0) is 18.6 Å². The van der Waals surface area contributed by atoms with Crippen LogP contribution in [0.1, 0.15) is 28.4 Å². The predicted molar refractivity (Wildman–Crippen MR) is 65.0 cm³/mol. The summed E-state index contributed by atoms with van der Waals surface area (Å²) < 4.78 is 0. The Hall–Kier alpha value is -1.88. The van der Waals surface area contributed by atoms with E-state index in [1.807, 2.05) is 25.1 Å². The van der Waals surface area contributed by atoms with E-state index in [1.165, 1.54) is 6.20 Å². The molecule has 2 aromatic rings. The Bertz CT molecular complexity index is 510. The largest absolute Gasteiger partial charge is 0.320 e. The monoisotopic (exact) mass is 250 g/mol. The molecule has 0 aliphatic carbocycles. The van der Waals surface area contributed by atoms with Crippen LogP contribution in [0.15, 0.2) is 30.5 Å². The summed E-state index contributed by atoms with van der Waals surface area (Å²) in [4.78, 5) is 11.8. The lowest BCUT2D eigenvalue weighted by atomic mass is 10.1. The summed E-state index contributed by atoms with van der Waals surface area (Å²) in [6.07, 6.45) is 1.36. The van der Waals surface area contributed by atoms with Crippen LogP contribution in [0.5, 0.6) is 0 Å². The van der Waals surface area contributed by atoms with Gasteiger partial charge in [-0.25, -0.2) is 0 Å². The molecule has 1 atom stereocenters. The van der Waals surface area contributed by atoms with Crippen LogP contribution in [0.4, 0.5) is 5.69 Å². The van der Waals surface area contributed by atoms with Crippen LogP contribution in [0.2, 0.25) is 0 Å². The highest BCUT2D eigenvalue weighted by Crippen LogP contribution is 2.27. The summed E-state index contributed by atoms with van der Waals surface area (Å²) in [6, 6.07) is 7.38. The van der Waals surface area contributed by atoms with Crippen molar-refractivity contribution < 1.29 is 4.79 Å². The number of nitrogens with one attached hydrogen (secondary N) is 2. The van der Waals surface area contributed by atoms with E-state index in [1.54, 1.807) is 6.07 Å². The number of aromatic amines is 1. The zero-order valence-electron chi connectivity index (χ0n) is 9.14. The maximum absolute atomic E-state index is 11.8. The molecule has 2 rings (SSSR count). The van der Waals surface area contributed by atoms with E-state index in [0.717, 1.165) is 5.56 Å². The molecule has 1 unspecified atom stereocenters. The molecule has 0 aliphatic rings. The van der Waals surface area contributed by atoms with E-state index in [9.17, 15) is 4.79 Å². The minimum Gasteiger partial charge on any atom is -0.320 e. The number of hydrogen-bond acceptors (Lipinski definition) is 3. The summed E-state index contributed by atoms with van der Waals surface area (Å²) in [5.74, 6) is -0.316. The van der Waals surface area contributed by atoms with Crippen molar-refractivity contribution in [2.75, 3.05) is 5.32 Å². The van der Waals surface area contributed by atoms with Gasteiger partial charge in [0.05, 0.1) is 11.6 Å². The van der Waals surface area contributed by atoms with Gasteiger partial charge in [0, 0.05) is 5.69 Å². The van der Waals surface area contributed by atoms with Crippen molar-refractivity contribution in [2.24, 2.45) is 0 Å². The van der Waals surface area contributed by atoms with Gasteiger partial charge in [-0.15, -0.1) is 11.6 Å². The number of amides is 1. The molecule has 1 aromatic heterocycles. The Morgan fingerprint density at radius 2 is 2.24 bits per heavy atom. The zero-order valence-corrected chi connectivity index (χ0v) is 9.90. The van der Waals surface area contributed by atoms with Gasteiger partial charge in [0.2, 0.25) is 0 Å². The van der Waals surface area contributed by atoms with Crippen LogP contribution < -0.4 is 5.32 Å². The first-order valence-electron chi connectivity index (χ1n) is 5.08. The van der Waals surface area contributed by atoms with E-state index < -0.39 is 0 Å². The summed E-state index contributed by atoms with van der Waals surface area (Å²) in [7, 11) is 0. The fourth-order valence-corrected chi connectivity index (χ4v) is 1.65. The number of H-pyrrole nitrogens is 1. The summed E-state index contributed by atoms with van der Waals surface area (Å²) in [6.45, 7) is 1.85. The highest BCUT2D eigenvalue weighted by Gasteiger charge is 2.13. The SMILES string of the molecule is CC(Cl)c1ccccc1NC(=O)c1cn[nH]n1. The van der Waals surface area contributed by atoms with Crippen LogP contribution in [0.25, 0.3) is 0 Å². The second kappa shape index (κ2) is 4.97. The number of alkyl halides is 1. The number of carbonyl (C=O) groups is 1. The third-order valence-corrected chi connectivity index (χ3v) is 2.52. The first-order valence-corrected chi connectivity index (χ1v) is 5.52. The number of benzene rings is 1. The van der Waals surface area contributed by atoms with Crippen molar-refractivity contribution in [3.8, 4) is 0 Å². The van der Waals surface area contributed by atoms with Crippen molar-refractivity contribution in [3.05, 3.63) is 41.7 Å². The van der Waals surface area contributed by atoms with Gasteiger partial charge in [-0.1, -0.05) is 18.2 Å². The number of rotatable bonds is 3. The maximum atomic E-state index is 11.8. The van der Waals surface area contributed by atoms with E-state index >= 15 is 0 Å². The van der Waals surface area contributed by atoms with E-state index in [4.69, 9.17) is 11.6 Å². The minimum atomic E-state index is -0.316. The Balaban J connectivity index is 2.22. The minimum absolute atomic E-state index is 0.177. The molecule has 5 nitrogen and oxygen atoms in total. The molecular weight excluding hydrogens is 240 g/mol. The number of nitrogens with zero attached hydrogens (tertiary/aromatic N) is 2. The number of para-hydroxylation sites is 1. The molecule has 0 aliphatic heterocycles. The molecule has 0 saturated heterocycles. The molecule has 0 saturated carbocycles. The number of aromatic nitrogens is 3. The maximum Gasteiger partial charge on any atom is 0.277 e. The molecule has 0 bridgehead atoms. The van der Waals surface area contributed by atoms with Gasteiger partial charge in [0.15, 0.2) is 5.69 Å². The third kappa shape index (κ3) is 2.62. The molecule has 1 amide bonds. The average Bonchev–Trinajstić information content (AvgIpc) is 2.83. The summed E-state index contributed by atoms with van der Waals surface area (Å²) >= 11 is 6.03. The molecule has 17 heavy (non-hydrogen) atoms. The third-order valence-electron chi connectivity index (χ3n) is 2.29. The van der Waals surface area contributed by atoms with Gasteiger partial charge in [-0.2, -0.15) is 15.4 Å². The van der Waals surface area contributed by atoms with Gasteiger partial charge in [-0.3, -0.25) is 4.79 Å². The van der Waals surface area contributed by atoms with Crippen molar-refractivity contribution in [1.29, 1.82) is 0 Å². The van der Waals surface area contributed by atoms with Crippen molar-refractivity contribution >= 4 is 23.2 Å². The summed E-state index contributed by atoms with van der Waals surface area (Å²) in [5.41, 5.74) is 1.79. The highest BCUT2D eigenvalue weighted by atomic mass is 35.5. The van der Waals surface area contributed by atoms with Gasteiger partial charge in [0.1, 0.15) is 0 Å². The van der Waals surface area contributed by atoms with Crippen molar-refractivity contribution in [1.82, 2.24) is 15.4 Å². The lowest BCUT2D eigenvalue weighted by Crippen LogP contribution is -2.13. The molecule has 0 spiro atoms. The van der Waals surface area contributed by atoms with Crippen LogP contribution in [0, 0.1) is 0 Å². The molecular formula is C11H11ClN4O. The first-order chi connectivity index (χ1) is 8.18. The van der Waals surface area contributed by atoms with E-state index in [2.05, 4.69) is 20.7 Å². The smallest absolute Gasteiger partial charge is 0.277 e. The van der Waals surface area contributed by atoms with Crippen molar-refractivity contribution in [2.45, 2.75) is 12.3 Å². The number of hydrogen-bond donors (Lipinski definition) is 2. The normalized spacial score (nSPS) is 12.1. The highest BCUT2D eigenvalue weighted by molar-refractivity contribution is 6.21. The van der Waals surface area contributed by atoms with Crippen molar-refractivity contribution in [3.63, 3.8) is 0 Å². The second-order valence-corrected chi connectivity index (χ2v) is 4.17. The first kappa shape index (κ1) is 11.6. The fraction of sp³-hybridized carbons (Fsp3) is 0.182. The van der Waals surface area contributed by atoms with Crippen LogP contribution in [-0.4, -0.2) is 21.3 Å². The predicted octanol–water partition coefficient (Wildman–Crippen LogP) is 2.36. The van der Waals surface area contributed by atoms with Gasteiger partial charge in [0.25, 0.3) is 5.91 Å². The van der Waals surface area contributed by atoms with Gasteiger partial charge >= 0.3 is 0 Å². The van der Waals surface area contributed by atoms with Gasteiger partial charge < -0.3 is 5.32 Å². The number of halogens is 1. The molecule has 0 radical (unpaired) electrons. The Kier molecular flexibility index (Phi) is 3.39. The molecule has 0 fully saturated rings. The molecule has 2 N–H and O–H groups in total. The molecule has 88 valence electrons. The second-order valence-electron chi connectivity index (χ2n) is 3.51. The Morgan fingerprint density at radius 1 is 1.47 bits per heavy atom. The Labute approximate surface area is 103 Å². The summed E-state index contributed by atoms with van der Waals surface area (Å²) in [5, 5.41) is 12.2. The van der Waals surface area contributed by atoms with E-state index in [0.29, 0.717) is 5.69 Å². The standard InChI is InChI=1S/C11H11ClN4O/c1-7(12)8-4-2-3-5-9(8)14-11(17)10-6-13-16-15-10/h2-7H,1H3,(H,14,17)(H,13,15,16). The van der Waals surface area contributed by atoms with Crippen LogP contribution in [0.3, 0.4) is 0 Å². The van der Waals surface area contributed by atoms with Crippen LogP contribution in [-0.2, 0) is 0 Å². The Morgan fingerprint density at radius 3 is 2.88 bits per heavy atom. The van der Waals surface area contributed by atoms with E-state index in [-0.39, 0.29) is 17.0 Å². The number of anilines is 1. The fourth-order valence-electron chi connectivity index (χ4n) is 1.46. The quantitative estimate of drug-likeness (QED) is 0.822.